The van der Waals surface area contributed by atoms with Crippen molar-refractivity contribution in [1.82, 2.24) is 20.2 Å². The Balaban J connectivity index is 0.000000568. The average molecular weight is 694 g/mol. The van der Waals surface area contributed by atoms with Gasteiger partial charge in [0.05, 0.1) is 29.8 Å². The summed E-state index contributed by atoms with van der Waals surface area (Å²) < 4.78 is 1.74. The maximum atomic E-state index is 12.0. The molecule has 4 aromatic heterocycles. The largest absolute Gasteiger partial charge is 1.00 e. The molecule has 4 aromatic rings. The summed E-state index contributed by atoms with van der Waals surface area (Å²) in [5, 5.41) is 2.12. The van der Waals surface area contributed by atoms with E-state index in [9.17, 15) is 19.2 Å². The van der Waals surface area contributed by atoms with Crippen molar-refractivity contribution in [2.45, 2.75) is 12.8 Å². The number of likely N-dealkylation sites (tertiary alicyclic amines) is 1. The molecule has 216 valence electrons. The minimum Gasteiger partial charge on any atom is -0.870 e. The maximum absolute atomic E-state index is 12.0. The predicted octanol–water partition coefficient (Wildman–Crippen LogP) is 2.95. The molecule has 0 radical (unpaired) electrons. The molecule has 1 amide bonds. The van der Waals surface area contributed by atoms with Gasteiger partial charge in [-0.05, 0) is 67.3 Å². The second-order valence-corrected chi connectivity index (χ2v) is 11.2. The van der Waals surface area contributed by atoms with E-state index in [0.29, 0.717) is 14.9 Å². The van der Waals surface area contributed by atoms with Crippen molar-refractivity contribution in [2.75, 3.05) is 26.2 Å². The number of carbonyl (C=O) groups excluding carboxylic acids is 4. The first-order chi connectivity index (χ1) is 18.2. The summed E-state index contributed by atoms with van der Waals surface area (Å²) in [5.41, 5.74) is 1.56. The van der Waals surface area contributed by atoms with Crippen LogP contribution in [0.2, 0.25) is 10.0 Å². The Kier molecular flexibility index (Phi) is 19.1. The van der Waals surface area contributed by atoms with Gasteiger partial charge < -0.3 is 20.5 Å². The van der Waals surface area contributed by atoms with Crippen LogP contribution < -0.4 is 24.2 Å². The van der Waals surface area contributed by atoms with Crippen LogP contribution in [0.25, 0.3) is 20.4 Å². The van der Waals surface area contributed by atoms with Gasteiger partial charge in [0, 0.05) is 37.3 Å². The molecule has 0 bridgehead atoms. The second kappa shape index (κ2) is 19.8. The number of fused-ring (bicyclic) bond motifs is 2. The first-order valence-electron chi connectivity index (χ1n) is 11.1. The van der Waals surface area contributed by atoms with Gasteiger partial charge in [-0.2, -0.15) is 17.4 Å². The molecule has 0 aliphatic carbocycles. The molecule has 41 heavy (non-hydrogen) atoms. The zero-order chi connectivity index (χ0) is 27.7. The summed E-state index contributed by atoms with van der Waals surface area (Å²) in [6.45, 7) is 4.24. The van der Waals surface area contributed by atoms with E-state index in [1.54, 1.807) is 30.6 Å². The number of amides is 1. The molecule has 9 nitrogen and oxygen atoms in total. The van der Waals surface area contributed by atoms with Crippen LogP contribution in [-0.2, 0) is 14.4 Å². The molecule has 17 heteroatoms. The van der Waals surface area contributed by atoms with Crippen molar-refractivity contribution in [3.63, 3.8) is 0 Å². The smallest absolute Gasteiger partial charge is 0.870 e. The molecule has 6 heterocycles. The second-order valence-electron chi connectivity index (χ2n) is 7.63. The fraction of sp³-hybridized carbons (Fsp3) is 0.250. The number of aromatic nitrogens is 2. The van der Waals surface area contributed by atoms with Gasteiger partial charge >= 0.3 is 29.3 Å². The van der Waals surface area contributed by atoms with Gasteiger partial charge in [0.2, 0.25) is 0 Å². The third-order valence-electron chi connectivity index (χ3n) is 5.04. The molecule has 0 unspecified atom stereocenters. The van der Waals surface area contributed by atoms with E-state index >= 15 is 0 Å². The van der Waals surface area contributed by atoms with Gasteiger partial charge in [0.25, 0.3) is 5.91 Å². The topological polar surface area (TPSA) is 139 Å². The molecular formula is C24H21Cl5LiN4O5S2-. The van der Waals surface area contributed by atoms with E-state index < -0.39 is 10.5 Å². The van der Waals surface area contributed by atoms with Crippen LogP contribution >= 0.6 is 81.5 Å². The summed E-state index contributed by atoms with van der Waals surface area (Å²) in [6, 6.07) is 6.96. The quantitative estimate of drug-likeness (QED) is 0.150. The standard InChI is InChI=1S/C11H9ClN2OS.C8H3ClNOS.C3H7N.C2Cl2O2.ClH.Li.H2O/c12-7-2-3-13-8-6-9(16-10(7)8)11(15)14-4-1-5-14;9-6-1-2-10-7-3-5(4-11)12-8(6)7;1-2-4-3-1;3-1(5)2(4)6;;;/h2-3,6H,1,4-5H2;1-3H;4H,1-3H2;;1H;;1H2/q;-1;;;;+1;/p-1. The first-order valence-corrected chi connectivity index (χ1v) is 14.2. The van der Waals surface area contributed by atoms with E-state index in [1.807, 2.05) is 17.3 Å². The molecule has 6 rings (SSSR count). The van der Waals surface area contributed by atoms with Gasteiger partial charge in [-0.15, -0.1) is 23.7 Å². The number of nitrogens with zero attached hydrogens (tertiary/aromatic N) is 3. The first kappa shape index (κ1) is 39.7. The van der Waals surface area contributed by atoms with Crippen LogP contribution in [0.4, 0.5) is 0 Å². The number of hydrogen-bond donors (Lipinski definition) is 1. The fourth-order valence-electron chi connectivity index (χ4n) is 2.82. The fourth-order valence-corrected chi connectivity index (χ4v) is 5.16. The number of halogens is 5. The SMILES string of the molecule is C1CNC1.Cl.O=C(Cl)C(=O)Cl.O=C(c1cc2nccc(Cl)c2s1)N1CCC1.O=[C-]c1cc2nccc(Cl)c2s1.[Li+].[OH-]. The van der Waals surface area contributed by atoms with Crippen LogP contribution in [0.5, 0.6) is 0 Å². The van der Waals surface area contributed by atoms with Gasteiger partial charge in [0.1, 0.15) is 0 Å². The Morgan fingerprint density at radius 2 is 1.34 bits per heavy atom. The molecule has 0 aromatic carbocycles. The van der Waals surface area contributed by atoms with Gasteiger partial charge in [-0.25, -0.2) is 0 Å². The molecule has 2 aliphatic rings. The van der Waals surface area contributed by atoms with E-state index in [4.69, 9.17) is 23.2 Å². The van der Waals surface area contributed by atoms with Crippen LogP contribution in [0.1, 0.15) is 27.4 Å². The van der Waals surface area contributed by atoms with Gasteiger partial charge in [0.15, 0.2) is 0 Å². The van der Waals surface area contributed by atoms with E-state index in [2.05, 4.69) is 38.5 Å². The Morgan fingerprint density at radius 3 is 1.68 bits per heavy atom. The molecule has 2 N–H and O–H groups in total. The Morgan fingerprint density at radius 1 is 0.878 bits per heavy atom. The monoisotopic (exact) mass is 691 g/mol. The van der Waals surface area contributed by atoms with Crippen molar-refractivity contribution >= 4 is 125 Å². The maximum Gasteiger partial charge on any atom is 1.00 e. The summed E-state index contributed by atoms with van der Waals surface area (Å²) in [7, 11) is 0. The van der Waals surface area contributed by atoms with E-state index in [1.165, 1.54) is 42.2 Å². The Hall–Kier alpha value is -1.33. The number of rotatable bonds is 3. The molecule has 2 saturated heterocycles. The predicted molar refractivity (Wildman–Crippen MR) is 163 cm³/mol. The van der Waals surface area contributed by atoms with Crippen molar-refractivity contribution in [2.24, 2.45) is 0 Å². The summed E-state index contributed by atoms with van der Waals surface area (Å²) in [6.07, 6.45) is 7.59. The molecule has 2 fully saturated rings. The van der Waals surface area contributed by atoms with Crippen molar-refractivity contribution in [3.8, 4) is 0 Å². The minimum absolute atomic E-state index is 0. The van der Waals surface area contributed by atoms with Crippen LogP contribution in [0, 0.1) is 0 Å². The molecular weight excluding hydrogens is 673 g/mol. The molecule has 0 spiro atoms. The van der Waals surface area contributed by atoms with Crippen LogP contribution in [0.15, 0.2) is 36.7 Å². The van der Waals surface area contributed by atoms with Gasteiger partial charge in [-0.3, -0.25) is 24.4 Å². The van der Waals surface area contributed by atoms with Gasteiger partial charge in [-0.1, -0.05) is 28.1 Å². The average Bonchev–Trinajstić information content (AvgIpc) is 3.43. The number of thiophene rings is 2. The molecule has 2 aliphatic heterocycles. The summed E-state index contributed by atoms with van der Waals surface area (Å²) >= 11 is 23.6. The number of pyridine rings is 2. The van der Waals surface area contributed by atoms with E-state index in [-0.39, 0.29) is 42.7 Å². The van der Waals surface area contributed by atoms with Crippen LogP contribution in [0.3, 0.4) is 0 Å². The Labute approximate surface area is 281 Å². The normalized spacial score (nSPS) is 12.4. The molecule has 0 atom stereocenters. The third kappa shape index (κ3) is 11.7. The van der Waals surface area contributed by atoms with Crippen molar-refractivity contribution < 1.29 is 43.5 Å². The number of carbonyl (C=O) groups is 3. The van der Waals surface area contributed by atoms with E-state index in [0.717, 1.165) is 44.8 Å². The number of nitrogens with one attached hydrogen (secondary N) is 1. The molecule has 0 saturated carbocycles. The van der Waals surface area contributed by atoms with Crippen LogP contribution in [-0.4, -0.2) is 69.2 Å². The summed E-state index contributed by atoms with van der Waals surface area (Å²) in [5.74, 6) is 0.102. The zero-order valence-electron chi connectivity index (χ0n) is 21.4. The minimum atomic E-state index is -1.14. The van der Waals surface area contributed by atoms with Crippen molar-refractivity contribution in [3.05, 3.63) is 56.5 Å². The zero-order valence-corrected chi connectivity index (χ0v) is 26.8. The third-order valence-corrected chi connectivity index (χ3v) is 8.54. The van der Waals surface area contributed by atoms with Crippen molar-refractivity contribution in [1.29, 1.82) is 0 Å². The summed E-state index contributed by atoms with van der Waals surface area (Å²) in [4.78, 5) is 52.5. The Bertz CT molecular complexity index is 1450. The number of hydrogen-bond acceptors (Lipinski definition) is 10.